The van der Waals surface area contributed by atoms with Gasteiger partial charge >= 0.3 is 0 Å². The fraction of sp³-hybridized carbons (Fsp3) is 0.632. The number of carbonyl (C=O) groups excluding carboxylic acids is 1. The molecule has 24 heavy (non-hydrogen) atoms. The first-order valence-corrected chi connectivity index (χ1v) is 9.15. The van der Waals surface area contributed by atoms with Crippen molar-refractivity contribution < 1.29 is 4.79 Å². The molecule has 0 unspecified atom stereocenters. The second-order valence-electron chi connectivity index (χ2n) is 6.79. The topological polar surface area (TPSA) is 41.1 Å². The van der Waals surface area contributed by atoms with Gasteiger partial charge in [0.2, 0.25) is 5.91 Å². The Kier molecular flexibility index (Phi) is 8.55. The summed E-state index contributed by atoms with van der Waals surface area (Å²) in [6, 6.07) is 8.49. The van der Waals surface area contributed by atoms with E-state index in [0.29, 0.717) is 12.6 Å². The number of rotatable bonds is 6. The lowest BCUT2D eigenvalue weighted by Gasteiger charge is -2.34. The standard InChI is InChI=1S/C19H29ClN2O.ClH/c1-4-19(5-2,16-6-8-17(20)9-7-16)13-22-18(23)15-10-11-21-14(3)12-15;/h6-9,14-15,21H,4-5,10-13H2,1-3H3,(H,22,23);1H/t14-,15-;/m0./s1. The summed E-state index contributed by atoms with van der Waals surface area (Å²) >= 11 is 6.02. The van der Waals surface area contributed by atoms with E-state index >= 15 is 0 Å². The zero-order chi connectivity index (χ0) is 16.9. The van der Waals surface area contributed by atoms with Crippen LogP contribution in [0.4, 0.5) is 0 Å². The molecule has 2 rings (SSSR count). The Hall–Kier alpha value is -0.770. The Labute approximate surface area is 157 Å². The van der Waals surface area contributed by atoms with Gasteiger partial charge in [-0.05, 0) is 56.8 Å². The minimum atomic E-state index is -0.0151. The van der Waals surface area contributed by atoms with Crippen LogP contribution in [0.2, 0.25) is 5.02 Å². The van der Waals surface area contributed by atoms with Gasteiger partial charge in [-0.15, -0.1) is 12.4 Å². The molecule has 1 aliphatic rings. The third-order valence-electron chi connectivity index (χ3n) is 5.41. The Morgan fingerprint density at radius 1 is 1.29 bits per heavy atom. The predicted octanol–water partition coefficient (Wildman–Crippen LogP) is 4.32. The van der Waals surface area contributed by atoms with E-state index in [0.717, 1.165) is 37.3 Å². The van der Waals surface area contributed by atoms with Gasteiger partial charge in [0.15, 0.2) is 0 Å². The normalized spacial score (nSPS) is 21.0. The maximum atomic E-state index is 12.5. The van der Waals surface area contributed by atoms with Crippen LogP contribution in [-0.2, 0) is 10.2 Å². The Morgan fingerprint density at radius 3 is 2.46 bits per heavy atom. The third-order valence-corrected chi connectivity index (χ3v) is 5.66. The van der Waals surface area contributed by atoms with Gasteiger partial charge in [0.25, 0.3) is 0 Å². The zero-order valence-electron chi connectivity index (χ0n) is 14.9. The molecule has 1 aromatic rings. The van der Waals surface area contributed by atoms with Crippen molar-refractivity contribution in [1.82, 2.24) is 10.6 Å². The van der Waals surface area contributed by atoms with Crippen LogP contribution in [0.1, 0.15) is 52.0 Å². The van der Waals surface area contributed by atoms with Gasteiger partial charge in [0, 0.05) is 28.9 Å². The molecular weight excluding hydrogens is 343 g/mol. The summed E-state index contributed by atoms with van der Waals surface area (Å²) in [6.45, 7) is 8.16. The fourth-order valence-electron chi connectivity index (χ4n) is 3.58. The van der Waals surface area contributed by atoms with E-state index in [1.54, 1.807) is 0 Å². The van der Waals surface area contributed by atoms with Gasteiger partial charge in [0.05, 0.1) is 0 Å². The summed E-state index contributed by atoms with van der Waals surface area (Å²) < 4.78 is 0. The first-order valence-electron chi connectivity index (χ1n) is 8.78. The van der Waals surface area contributed by atoms with Crippen molar-refractivity contribution >= 4 is 29.9 Å². The second kappa shape index (κ2) is 9.65. The van der Waals surface area contributed by atoms with Gasteiger partial charge in [-0.2, -0.15) is 0 Å². The van der Waals surface area contributed by atoms with Crippen molar-refractivity contribution in [3.8, 4) is 0 Å². The summed E-state index contributed by atoms with van der Waals surface area (Å²) in [5, 5.41) is 7.38. The van der Waals surface area contributed by atoms with Crippen LogP contribution in [0.25, 0.3) is 0 Å². The molecule has 1 fully saturated rings. The highest BCUT2D eigenvalue weighted by atomic mass is 35.5. The summed E-state index contributed by atoms with van der Waals surface area (Å²) in [4.78, 5) is 12.5. The Balaban J connectivity index is 0.00000288. The number of amides is 1. The number of carbonyl (C=O) groups is 1. The maximum absolute atomic E-state index is 12.5. The summed E-state index contributed by atoms with van der Waals surface area (Å²) in [7, 11) is 0. The lowest BCUT2D eigenvalue weighted by atomic mass is 9.75. The molecular formula is C19H30Cl2N2O. The van der Waals surface area contributed by atoms with E-state index in [2.05, 4.69) is 43.5 Å². The first kappa shape index (κ1) is 21.3. The zero-order valence-corrected chi connectivity index (χ0v) is 16.5. The quantitative estimate of drug-likeness (QED) is 0.780. The number of piperidine rings is 1. The third kappa shape index (κ3) is 5.11. The molecule has 0 saturated carbocycles. The molecule has 1 aliphatic heterocycles. The summed E-state index contributed by atoms with van der Waals surface area (Å²) in [5.41, 5.74) is 1.24. The number of hydrogen-bond acceptors (Lipinski definition) is 2. The van der Waals surface area contributed by atoms with Crippen molar-refractivity contribution in [1.29, 1.82) is 0 Å². The first-order chi connectivity index (χ1) is 11.0. The van der Waals surface area contributed by atoms with E-state index in [9.17, 15) is 4.79 Å². The molecule has 3 nitrogen and oxygen atoms in total. The van der Waals surface area contributed by atoms with Crippen LogP contribution in [0.3, 0.4) is 0 Å². The molecule has 0 aromatic heterocycles. The van der Waals surface area contributed by atoms with Crippen LogP contribution in [0.5, 0.6) is 0 Å². The highest BCUT2D eigenvalue weighted by Crippen LogP contribution is 2.32. The number of hydrogen-bond donors (Lipinski definition) is 2. The number of halogens is 2. The van der Waals surface area contributed by atoms with E-state index in [1.165, 1.54) is 5.56 Å². The van der Waals surface area contributed by atoms with Crippen molar-refractivity contribution in [2.75, 3.05) is 13.1 Å². The molecule has 0 aliphatic carbocycles. The molecule has 5 heteroatoms. The molecule has 2 atom stereocenters. The van der Waals surface area contributed by atoms with Crippen LogP contribution in [-0.4, -0.2) is 25.0 Å². The number of benzene rings is 1. The van der Waals surface area contributed by atoms with Gasteiger partial charge in [-0.1, -0.05) is 37.6 Å². The molecule has 1 heterocycles. The molecule has 0 radical (unpaired) electrons. The van der Waals surface area contributed by atoms with E-state index in [-0.39, 0.29) is 29.6 Å². The average Bonchev–Trinajstić information content (AvgIpc) is 2.57. The largest absolute Gasteiger partial charge is 0.355 e. The van der Waals surface area contributed by atoms with Crippen molar-refractivity contribution in [2.24, 2.45) is 5.92 Å². The van der Waals surface area contributed by atoms with Crippen molar-refractivity contribution in [3.63, 3.8) is 0 Å². The molecule has 0 bridgehead atoms. The van der Waals surface area contributed by atoms with E-state index in [1.807, 2.05) is 12.1 Å². The lowest BCUT2D eigenvalue weighted by Crippen LogP contribution is -2.46. The Morgan fingerprint density at radius 2 is 1.92 bits per heavy atom. The smallest absolute Gasteiger partial charge is 0.223 e. The fourth-order valence-corrected chi connectivity index (χ4v) is 3.71. The van der Waals surface area contributed by atoms with E-state index in [4.69, 9.17) is 11.6 Å². The molecule has 136 valence electrons. The Bertz CT molecular complexity index is 515. The van der Waals surface area contributed by atoms with Crippen LogP contribution < -0.4 is 10.6 Å². The van der Waals surface area contributed by atoms with Gasteiger partial charge < -0.3 is 10.6 Å². The van der Waals surface area contributed by atoms with Gasteiger partial charge in [-0.3, -0.25) is 4.79 Å². The van der Waals surface area contributed by atoms with Gasteiger partial charge in [0.1, 0.15) is 0 Å². The average molecular weight is 373 g/mol. The second-order valence-corrected chi connectivity index (χ2v) is 7.23. The molecule has 1 aromatic carbocycles. The number of nitrogens with one attached hydrogen (secondary N) is 2. The van der Waals surface area contributed by atoms with Gasteiger partial charge in [-0.25, -0.2) is 0 Å². The van der Waals surface area contributed by atoms with Crippen molar-refractivity contribution in [2.45, 2.75) is 57.9 Å². The van der Waals surface area contributed by atoms with Crippen LogP contribution in [0, 0.1) is 5.92 Å². The van der Waals surface area contributed by atoms with Crippen LogP contribution >= 0.6 is 24.0 Å². The molecule has 0 spiro atoms. The highest BCUT2D eigenvalue weighted by Gasteiger charge is 2.31. The summed E-state index contributed by atoms with van der Waals surface area (Å²) in [5.74, 6) is 0.349. The summed E-state index contributed by atoms with van der Waals surface area (Å²) in [6.07, 6.45) is 3.85. The highest BCUT2D eigenvalue weighted by molar-refractivity contribution is 6.30. The van der Waals surface area contributed by atoms with Crippen LogP contribution in [0.15, 0.2) is 24.3 Å². The minimum absolute atomic E-state index is 0. The SMILES string of the molecule is CCC(CC)(CNC(=O)[C@H]1CCN[C@@H](C)C1)c1ccc(Cl)cc1.Cl. The predicted molar refractivity (Wildman–Crippen MR) is 104 cm³/mol. The van der Waals surface area contributed by atoms with Crippen molar-refractivity contribution in [3.05, 3.63) is 34.9 Å². The van der Waals surface area contributed by atoms with E-state index < -0.39 is 0 Å². The molecule has 1 amide bonds. The maximum Gasteiger partial charge on any atom is 0.223 e. The minimum Gasteiger partial charge on any atom is -0.355 e. The lowest BCUT2D eigenvalue weighted by molar-refractivity contribution is -0.126. The monoisotopic (exact) mass is 372 g/mol. The molecule has 2 N–H and O–H groups in total. The molecule has 1 saturated heterocycles.